The van der Waals surface area contributed by atoms with E-state index in [0.29, 0.717) is 62.8 Å². The zero-order valence-corrected chi connectivity index (χ0v) is 24.7. The lowest BCUT2D eigenvalue weighted by atomic mass is 9.75. The van der Waals surface area contributed by atoms with E-state index < -0.39 is 10.8 Å². The second kappa shape index (κ2) is 12.5. The molecule has 2 aliphatic rings. The Hall–Kier alpha value is -4.94. The molecule has 0 spiro atoms. The minimum Gasteiger partial charge on any atom is -0.497 e. The van der Waals surface area contributed by atoms with Crippen molar-refractivity contribution >= 4 is 51.3 Å². The fourth-order valence-electron chi connectivity index (χ4n) is 5.05. The van der Waals surface area contributed by atoms with Crippen LogP contribution in [0.15, 0.2) is 69.5 Å². The van der Waals surface area contributed by atoms with Crippen molar-refractivity contribution in [2.24, 2.45) is 5.73 Å². The Labute approximate surface area is 254 Å². The topological polar surface area (TPSA) is 187 Å². The fourth-order valence-corrected chi connectivity index (χ4v) is 6.73. The summed E-state index contributed by atoms with van der Waals surface area (Å²) in [7, 11) is 3.05. The van der Waals surface area contributed by atoms with Crippen LogP contribution >= 0.6 is 23.1 Å². The number of carbonyl (C=O) groups is 2. The molecule has 15 heteroatoms. The Kier molecular flexibility index (Phi) is 8.60. The summed E-state index contributed by atoms with van der Waals surface area (Å²) in [6.07, 6.45) is 1.47. The molecule has 0 radical (unpaired) electrons. The Morgan fingerprint density at radius 1 is 1.26 bits per heavy atom. The van der Waals surface area contributed by atoms with Crippen molar-refractivity contribution in [2.75, 3.05) is 30.2 Å². The third kappa shape index (κ3) is 5.87. The summed E-state index contributed by atoms with van der Waals surface area (Å²) < 4.78 is 11.4. The van der Waals surface area contributed by atoms with Gasteiger partial charge < -0.3 is 20.5 Å². The van der Waals surface area contributed by atoms with Crippen LogP contribution in [0.5, 0.6) is 11.5 Å². The van der Waals surface area contributed by atoms with Gasteiger partial charge in [-0.1, -0.05) is 35.2 Å². The molecule has 0 bridgehead atoms. The number of carbonyl (C=O) groups excluding carboxylic acids is 2. The van der Waals surface area contributed by atoms with Crippen LogP contribution in [-0.2, 0) is 9.59 Å². The van der Waals surface area contributed by atoms with Gasteiger partial charge >= 0.3 is 0 Å². The highest BCUT2D eigenvalue weighted by molar-refractivity contribution is 8.01. The number of hydrogen-bond donors (Lipinski definition) is 2. The van der Waals surface area contributed by atoms with Crippen LogP contribution < -0.4 is 25.4 Å². The molecule has 1 unspecified atom stereocenters. The molecule has 1 aliphatic carbocycles. The molecular weight excluding hydrogens is 594 g/mol. The van der Waals surface area contributed by atoms with E-state index >= 15 is 0 Å². The predicted octanol–water partition coefficient (Wildman–Crippen LogP) is 4.50. The summed E-state index contributed by atoms with van der Waals surface area (Å²) in [6.45, 7) is 0. The average molecular weight is 620 g/mol. The number of benzene rings is 2. The molecule has 1 atom stereocenters. The molecule has 43 heavy (non-hydrogen) atoms. The van der Waals surface area contributed by atoms with Crippen molar-refractivity contribution in [1.82, 2.24) is 10.2 Å². The van der Waals surface area contributed by atoms with Crippen molar-refractivity contribution in [3.05, 3.63) is 80.8 Å². The normalized spacial score (nSPS) is 16.4. The van der Waals surface area contributed by atoms with E-state index in [9.17, 15) is 25.0 Å². The molecule has 2 aromatic carbocycles. The van der Waals surface area contributed by atoms with Gasteiger partial charge in [-0.15, -0.1) is 10.2 Å². The number of Topliss-reactive ketones (excluding diaryl/α,β-unsaturated/α-hetero) is 1. The highest BCUT2D eigenvalue weighted by Gasteiger charge is 2.42. The number of nitrogens with two attached hydrogens (primary N) is 1. The number of nitrogens with zero attached hydrogens (tertiary/aromatic N) is 5. The zero-order valence-electron chi connectivity index (χ0n) is 23.0. The van der Waals surface area contributed by atoms with E-state index in [1.54, 1.807) is 29.2 Å². The highest BCUT2D eigenvalue weighted by Crippen LogP contribution is 2.49. The number of allylic oxidation sites excluding steroid dienone is 3. The van der Waals surface area contributed by atoms with Gasteiger partial charge in [0.1, 0.15) is 17.3 Å². The van der Waals surface area contributed by atoms with Crippen LogP contribution in [0, 0.1) is 21.4 Å². The number of ketones is 1. The van der Waals surface area contributed by atoms with Gasteiger partial charge in [0.15, 0.2) is 10.1 Å². The first-order valence-corrected chi connectivity index (χ1v) is 14.7. The average Bonchev–Trinajstić information content (AvgIpc) is 3.47. The van der Waals surface area contributed by atoms with E-state index in [0.717, 1.165) is 23.1 Å². The van der Waals surface area contributed by atoms with Crippen molar-refractivity contribution in [3.8, 4) is 17.6 Å². The van der Waals surface area contributed by atoms with E-state index in [4.69, 9.17) is 15.2 Å². The molecule has 3 aromatic rings. The number of hydrogen-bond acceptors (Lipinski definition) is 13. The number of non-ortho nitro benzene ring substituents is 1. The van der Waals surface area contributed by atoms with Crippen LogP contribution in [-0.4, -0.2) is 46.8 Å². The first-order chi connectivity index (χ1) is 20.7. The number of aromatic nitrogens is 2. The smallest absolute Gasteiger partial charge is 0.271 e. The second-order valence-electron chi connectivity index (χ2n) is 9.42. The molecule has 3 N–H and O–H groups in total. The molecule has 1 amide bonds. The maximum Gasteiger partial charge on any atom is 0.271 e. The van der Waals surface area contributed by atoms with E-state index in [1.165, 1.54) is 32.4 Å². The number of nitro groups is 1. The minimum absolute atomic E-state index is 0.0299. The number of rotatable bonds is 9. The number of thioether (sulfide) groups is 1. The van der Waals surface area contributed by atoms with Gasteiger partial charge in [-0.2, -0.15) is 5.26 Å². The van der Waals surface area contributed by atoms with Crippen molar-refractivity contribution in [2.45, 2.75) is 29.5 Å². The summed E-state index contributed by atoms with van der Waals surface area (Å²) in [5.41, 5.74) is 8.71. The Morgan fingerprint density at radius 2 is 2.07 bits per heavy atom. The zero-order chi connectivity index (χ0) is 30.7. The molecule has 2 heterocycles. The maximum atomic E-state index is 13.4. The number of nitrogens with one attached hydrogen (secondary N) is 1. The monoisotopic (exact) mass is 619 g/mol. The lowest BCUT2D eigenvalue weighted by Crippen LogP contribution is -2.38. The number of nitro benzene ring substituents is 1. The molecular formula is C28H25N7O6S2. The summed E-state index contributed by atoms with van der Waals surface area (Å²) in [5.74, 6) is -0.0782. The van der Waals surface area contributed by atoms with Gasteiger partial charge in [0.05, 0.1) is 42.5 Å². The van der Waals surface area contributed by atoms with Gasteiger partial charge in [0.25, 0.3) is 5.69 Å². The maximum absolute atomic E-state index is 13.4. The Morgan fingerprint density at radius 3 is 2.79 bits per heavy atom. The first kappa shape index (κ1) is 29.5. The minimum atomic E-state index is -0.732. The van der Waals surface area contributed by atoms with Crippen LogP contribution in [0.2, 0.25) is 0 Å². The number of anilines is 2. The van der Waals surface area contributed by atoms with Gasteiger partial charge in [-0.25, -0.2) is 0 Å². The first-order valence-electron chi connectivity index (χ1n) is 12.9. The van der Waals surface area contributed by atoms with Crippen LogP contribution in [0.1, 0.15) is 30.7 Å². The van der Waals surface area contributed by atoms with E-state index in [-0.39, 0.29) is 34.5 Å². The summed E-state index contributed by atoms with van der Waals surface area (Å²) >= 11 is 2.29. The third-order valence-electron chi connectivity index (χ3n) is 6.92. The molecule has 0 saturated carbocycles. The molecule has 0 fully saturated rings. The predicted molar refractivity (Wildman–Crippen MR) is 160 cm³/mol. The lowest BCUT2D eigenvalue weighted by molar-refractivity contribution is -0.384. The third-order valence-corrected chi connectivity index (χ3v) is 8.96. The van der Waals surface area contributed by atoms with Gasteiger partial charge in [-0.3, -0.25) is 24.6 Å². The number of nitriles is 1. The lowest BCUT2D eigenvalue weighted by Gasteiger charge is -2.38. The quantitative estimate of drug-likeness (QED) is 0.194. The van der Waals surface area contributed by atoms with Gasteiger partial charge in [0.2, 0.25) is 11.0 Å². The van der Waals surface area contributed by atoms with Crippen molar-refractivity contribution in [3.63, 3.8) is 0 Å². The number of ether oxygens (including phenoxy) is 2. The Bertz CT molecular complexity index is 1730. The molecule has 13 nitrogen and oxygen atoms in total. The largest absolute Gasteiger partial charge is 0.497 e. The van der Waals surface area contributed by atoms with Gasteiger partial charge in [0, 0.05) is 47.1 Å². The van der Waals surface area contributed by atoms with Crippen LogP contribution in [0.4, 0.5) is 16.5 Å². The number of methoxy groups -OCH3 is 2. The SMILES string of the molecule is COc1ccc(C2C(C#N)=C(N)N(c3nnc(SCC(=O)Nc4cccc([N+](=O)[O-])c4)s3)C3=C2C(=O)CCC3)c(OC)c1. The molecule has 1 aliphatic heterocycles. The summed E-state index contributed by atoms with van der Waals surface area (Å²) in [4.78, 5) is 38.0. The molecule has 1 aromatic heterocycles. The fraction of sp³-hybridized carbons (Fsp3) is 0.250. The molecule has 220 valence electrons. The van der Waals surface area contributed by atoms with Crippen LogP contribution in [0.3, 0.4) is 0 Å². The summed E-state index contributed by atoms with van der Waals surface area (Å²) in [6, 6.07) is 13.1. The molecule has 0 saturated heterocycles. The van der Waals surface area contributed by atoms with E-state index in [2.05, 4.69) is 21.6 Å². The van der Waals surface area contributed by atoms with Crippen molar-refractivity contribution < 1.29 is 24.0 Å². The summed E-state index contributed by atoms with van der Waals surface area (Å²) in [5, 5.41) is 32.7. The second-order valence-corrected chi connectivity index (χ2v) is 11.6. The van der Waals surface area contributed by atoms with Crippen molar-refractivity contribution in [1.29, 1.82) is 5.26 Å². The molecule has 5 rings (SSSR count). The highest BCUT2D eigenvalue weighted by atomic mass is 32.2. The number of amides is 1. The van der Waals surface area contributed by atoms with Gasteiger partial charge in [-0.05, 0) is 25.0 Å². The van der Waals surface area contributed by atoms with E-state index in [1.807, 2.05) is 0 Å². The standard InChI is InChI=1S/C28H25N7O6S2/c1-40-17-9-10-18(22(12-17)41-2)24-19(13-29)26(30)34(20-7-4-8-21(36)25(20)24)27-32-33-28(43-27)42-14-23(37)31-15-5-3-6-16(11-15)35(38)39/h3,5-6,9-12,24H,4,7-8,14,30H2,1-2H3,(H,31,37). The van der Waals surface area contributed by atoms with Crippen LogP contribution in [0.25, 0.3) is 0 Å². The Balaban J connectivity index is 1.43.